The minimum absolute atomic E-state index is 0.00917. The van der Waals surface area contributed by atoms with E-state index in [-0.39, 0.29) is 12.2 Å². The first kappa shape index (κ1) is 17.4. The molecule has 25 heavy (non-hydrogen) atoms. The van der Waals surface area contributed by atoms with Crippen LogP contribution in [0.2, 0.25) is 0 Å². The van der Waals surface area contributed by atoms with Crippen LogP contribution in [0.15, 0.2) is 48.5 Å². The molecule has 0 spiro atoms. The quantitative estimate of drug-likeness (QED) is 0.780. The first-order valence-electron chi connectivity index (χ1n) is 8.58. The number of hydrogen-bond donors (Lipinski definition) is 2. The highest BCUT2D eigenvalue weighted by Gasteiger charge is 2.35. The predicted octanol–water partition coefficient (Wildman–Crippen LogP) is 4.02. The van der Waals surface area contributed by atoms with Crippen LogP contribution >= 0.6 is 0 Å². The van der Waals surface area contributed by atoms with Crippen LogP contribution in [-0.4, -0.2) is 22.0 Å². The fraction of sp³-hybridized carbons (Fsp3) is 0.333. The van der Waals surface area contributed by atoms with Gasteiger partial charge in [0.15, 0.2) is 5.78 Å². The summed E-state index contributed by atoms with van der Waals surface area (Å²) in [6, 6.07) is 15.0. The number of rotatable bonds is 6. The lowest BCUT2D eigenvalue weighted by Crippen LogP contribution is -2.33. The molecule has 0 bridgehead atoms. The molecule has 0 amide bonds. The minimum Gasteiger partial charge on any atom is -0.481 e. The molecular weight excluding hydrogens is 316 g/mol. The molecule has 2 aromatic carbocycles. The SMILES string of the molecule is CC(CC(=O)c1cccc(-c2ccc(C3(O)CCC3)cc2)c1)C(=O)O. The second kappa shape index (κ2) is 6.81. The average molecular weight is 338 g/mol. The van der Waals surface area contributed by atoms with Gasteiger partial charge in [0.25, 0.3) is 0 Å². The number of ketones is 1. The first-order valence-corrected chi connectivity index (χ1v) is 8.58. The predicted molar refractivity (Wildman–Crippen MR) is 95.4 cm³/mol. The van der Waals surface area contributed by atoms with Gasteiger partial charge >= 0.3 is 5.97 Å². The van der Waals surface area contributed by atoms with Crippen molar-refractivity contribution in [3.8, 4) is 11.1 Å². The maximum atomic E-state index is 12.3. The van der Waals surface area contributed by atoms with E-state index >= 15 is 0 Å². The topological polar surface area (TPSA) is 74.6 Å². The summed E-state index contributed by atoms with van der Waals surface area (Å²) in [6.45, 7) is 1.54. The Morgan fingerprint density at radius 1 is 1.08 bits per heavy atom. The zero-order valence-electron chi connectivity index (χ0n) is 14.2. The zero-order chi connectivity index (χ0) is 18.0. The number of benzene rings is 2. The highest BCUT2D eigenvalue weighted by Crippen LogP contribution is 2.41. The Morgan fingerprint density at radius 3 is 2.32 bits per heavy atom. The van der Waals surface area contributed by atoms with E-state index in [2.05, 4.69) is 0 Å². The van der Waals surface area contributed by atoms with Crippen molar-refractivity contribution in [3.05, 3.63) is 59.7 Å². The number of carbonyl (C=O) groups excluding carboxylic acids is 1. The molecule has 1 aliphatic rings. The van der Waals surface area contributed by atoms with Crippen LogP contribution in [0.3, 0.4) is 0 Å². The van der Waals surface area contributed by atoms with E-state index in [1.165, 1.54) is 6.92 Å². The van der Waals surface area contributed by atoms with Gasteiger partial charge in [0.05, 0.1) is 11.5 Å². The highest BCUT2D eigenvalue weighted by atomic mass is 16.4. The number of aliphatic carboxylic acids is 1. The van der Waals surface area contributed by atoms with E-state index < -0.39 is 17.5 Å². The number of carbonyl (C=O) groups is 2. The lowest BCUT2D eigenvalue weighted by Gasteiger charge is -2.37. The van der Waals surface area contributed by atoms with Crippen molar-refractivity contribution in [1.82, 2.24) is 0 Å². The van der Waals surface area contributed by atoms with E-state index in [9.17, 15) is 14.7 Å². The number of Topliss-reactive ketones (excluding diaryl/α,β-unsaturated/α-hetero) is 1. The summed E-state index contributed by atoms with van der Waals surface area (Å²) in [4.78, 5) is 23.2. The maximum absolute atomic E-state index is 12.3. The minimum atomic E-state index is -0.964. The van der Waals surface area contributed by atoms with Crippen LogP contribution in [-0.2, 0) is 10.4 Å². The van der Waals surface area contributed by atoms with E-state index in [1.54, 1.807) is 18.2 Å². The van der Waals surface area contributed by atoms with Gasteiger partial charge in [0.2, 0.25) is 0 Å². The Labute approximate surface area is 147 Å². The second-order valence-electron chi connectivity index (χ2n) is 6.91. The summed E-state index contributed by atoms with van der Waals surface area (Å²) in [5.74, 6) is -1.83. The molecule has 0 saturated heterocycles. The summed E-state index contributed by atoms with van der Waals surface area (Å²) < 4.78 is 0. The molecule has 130 valence electrons. The molecule has 4 heteroatoms. The third-order valence-corrected chi connectivity index (χ3v) is 5.03. The van der Waals surface area contributed by atoms with Crippen molar-refractivity contribution in [1.29, 1.82) is 0 Å². The van der Waals surface area contributed by atoms with Crippen molar-refractivity contribution >= 4 is 11.8 Å². The number of carboxylic acid groups (broad SMARTS) is 1. The van der Waals surface area contributed by atoms with Crippen molar-refractivity contribution in [3.63, 3.8) is 0 Å². The molecule has 1 atom stereocenters. The lowest BCUT2D eigenvalue weighted by atomic mass is 9.75. The van der Waals surface area contributed by atoms with Crippen molar-refractivity contribution in [2.75, 3.05) is 0 Å². The smallest absolute Gasteiger partial charge is 0.306 e. The van der Waals surface area contributed by atoms with Crippen molar-refractivity contribution in [2.45, 2.75) is 38.2 Å². The van der Waals surface area contributed by atoms with Gasteiger partial charge in [0, 0.05) is 12.0 Å². The van der Waals surface area contributed by atoms with Gasteiger partial charge < -0.3 is 10.2 Å². The van der Waals surface area contributed by atoms with Gasteiger partial charge in [-0.25, -0.2) is 0 Å². The molecule has 1 aliphatic carbocycles. The Morgan fingerprint density at radius 2 is 1.76 bits per heavy atom. The van der Waals surface area contributed by atoms with E-state index in [0.29, 0.717) is 5.56 Å². The number of carboxylic acids is 1. The average Bonchev–Trinajstić information content (AvgIpc) is 2.59. The fourth-order valence-corrected chi connectivity index (χ4v) is 3.13. The molecule has 3 rings (SSSR count). The molecule has 1 unspecified atom stereocenters. The maximum Gasteiger partial charge on any atom is 0.306 e. The van der Waals surface area contributed by atoms with Crippen LogP contribution in [0.25, 0.3) is 11.1 Å². The molecule has 0 radical (unpaired) electrons. The largest absolute Gasteiger partial charge is 0.481 e. The normalized spacial score (nSPS) is 16.7. The van der Waals surface area contributed by atoms with Crippen LogP contribution in [0.1, 0.15) is 48.5 Å². The third-order valence-electron chi connectivity index (χ3n) is 5.03. The van der Waals surface area contributed by atoms with E-state index in [0.717, 1.165) is 36.0 Å². The summed E-state index contributed by atoms with van der Waals surface area (Å²) in [7, 11) is 0. The van der Waals surface area contributed by atoms with Crippen LogP contribution in [0, 0.1) is 5.92 Å². The van der Waals surface area contributed by atoms with Crippen molar-refractivity contribution in [2.24, 2.45) is 5.92 Å². The van der Waals surface area contributed by atoms with E-state index in [1.807, 2.05) is 30.3 Å². The molecular formula is C21H22O4. The standard InChI is InChI=1S/C21H22O4/c1-14(20(23)24)12-19(22)17-5-2-4-16(13-17)15-6-8-18(9-7-15)21(25)10-3-11-21/h2,4-9,13-14,25H,3,10-12H2,1H3,(H,23,24). The molecule has 1 saturated carbocycles. The van der Waals surface area contributed by atoms with Crippen LogP contribution in [0.4, 0.5) is 0 Å². The van der Waals surface area contributed by atoms with Crippen LogP contribution in [0.5, 0.6) is 0 Å². The fourth-order valence-electron chi connectivity index (χ4n) is 3.13. The molecule has 2 aromatic rings. The summed E-state index contributed by atoms with van der Waals surface area (Å²) in [6.07, 6.45) is 2.65. The number of hydrogen-bond acceptors (Lipinski definition) is 3. The molecule has 0 aliphatic heterocycles. The first-order chi connectivity index (χ1) is 11.9. The Kier molecular flexibility index (Phi) is 4.73. The third kappa shape index (κ3) is 3.64. The zero-order valence-corrected chi connectivity index (χ0v) is 14.2. The van der Waals surface area contributed by atoms with Crippen LogP contribution < -0.4 is 0 Å². The molecule has 0 aromatic heterocycles. The second-order valence-corrected chi connectivity index (χ2v) is 6.91. The highest BCUT2D eigenvalue weighted by molar-refractivity contribution is 5.98. The lowest BCUT2D eigenvalue weighted by molar-refractivity contribution is -0.141. The van der Waals surface area contributed by atoms with Crippen molar-refractivity contribution < 1.29 is 19.8 Å². The van der Waals surface area contributed by atoms with Gasteiger partial charge in [-0.05, 0) is 42.0 Å². The molecule has 2 N–H and O–H groups in total. The van der Waals surface area contributed by atoms with Gasteiger partial charge in [-0.15, -0.1) is 0 Å². The number of aliphatic hydroxyl groups is 1. The summed E-state index contributed by atoms with van der Waals surface area (Å²) >= 11 is 0. The van der Waals surface area contributed by atoms with E-state index in [4.69, 9.17) is 5.11 Å². The van der Waals surface area contributed by atoms with Gasteiger partial charge in [-0.3, -0.25) is 9.59 Å². The van der Waals surface area contributed by atoms with Gasteiger partial charge in [-0.2, -0.15) is 0 Å². The Hall–Kier alpha value is -2.46. The monoisotopic (exact) mass is 338 g/mol. The summed E-state index contributed by atoms with van der Waals surface area (Å²) in [5.41, 5.74) is 2.65. The summed E-state index contributed by atoms with van der Waals surface area (Å²) in [5, 5.41) is 19.4. The Bertz CT molecular complexity index is 788. The van der Waals surface area contributed by atoms with Gasteiger partial charge in [0.1, 0.15) is 0 Å². The molecule has 0 heterocycles. The molecule has 4 nitrogen and oxygen atoms in total. The Balaban J connectivity index is 1.79. The van der Waals surface area contributed by atoms with Gasteiger partial charge in [-0.1, -0.05) is 49.4 Å². The molecule has 1 fully saturated rings.